The van der Waals surface area contributed by atoms with E-state index in [1.54, 1.807) is 19.4 Å². The second kappa shape index (κ2) is 8.99. The second-order valence-corrected chi connectivity index (χ2v) is 19.1. The zero-order valence-electron chi connectivity index (χ0n) is 14.2. The number of hydrogen-bond acceptors (Lipinski definition) is 7. The van der Waals surface area contributed by atoms with Crippen LogP contribution in [0.25, 0.3) is 0 Å². The van der Waals surface area contributed by atoms with E-state index in [1.165, 1.54) is 14.2 Å². The summed E-state index contributed by atoms with van der Waals surface area (Å²) in [5, 5.41) is 0. The van der Waals surface area contributed by atoms with Gasteiger partial charge >= 0.3 is 27.1 Å². The van der Waals surface area contributed by atoms with E-state index in [9.17, 15) is 0 Å². The maximum Gasteiger partial charge on any atom is 0.662 e. The van der Waals surface area contributed by atoms with Crippen molar-refractivity contribution in [1.29, 1.82) is 0 Å². The molecule has 0 N–H and O–H groups in total. The van der Waals surface area contributed by atoms with E-state index in [0.29, 0.717) is 10.5 Å². The maximum absolute atomic E-state index is 6.07. The van der Waals surface area contributed by atoms with Gasteiger partial charge in [-0.1, -0.05) is 5.70 Å². The third kappa shape index (κ3) is 7.57. The van der Waals surface area contributed by atoms with Crippen LogP contribution in [-0.4, -0.2) is 67.3 Å². The summed E-state index contributed by atoms with van der Waals surface area (Å²) in [4.78, 5) is 0. The molecule has 2 atom stereocenters. The third-order valence-electron chi connectivity index (χ3n) is 2.36. The molecule has 0 heterocycles. The fraction of sp³-hybridized carbons (Fsp3) is 0.778. The van der Waals surface area contributed by atoms with Crippen molar-refractivity contribution < 1.29 is 29.7 Å². The molecule has 0 radical (unpaired) electrons. The molecule has 0 aromatic carbocycles. The molecule has 0 saturated carbocycles. The molecule has 0 saturated heterocycles. The number of rotatable bonds is 11. The van der Waals surface area contributed by atoms with Gasteiger partial charge in [0.1, 0.15) is 10.5 Å². The third-order valence-corrected chi connectivity index (χ3v) is 14.8. The average Bonchev–Trinajstić information content (AvgIpc) is 2.41. The molecule has 0 aromatic rings. The molecule has 12 heteroatoms. The first kappa shape index (κ1) is 21.5. The van der Waals surface area contributed by atoms with Crippen LogP contribution in [0.2, 0.25) is 26.2 Å². The van der Waals surface area contributed by atoms with Crippen molar-refractivity contribution in [1.82, 2.24) is 0 Å². The van der Waals surface area contributed by atoms with Crippen molar-refractivity contribution in [3.63, 3.8) is 0 Å². The summed E-state index contributed by atoms with van der Waals surface area (Å²) in [5.41, 5.74) is 1.65. The van der Waals surface area contributed by atoms with Crippen LogP contribution in [0.4, 0.5) is 0 Å². The molecule has 0 aromatic heterocycles. The highest BCUT2D eigenvalue weighted by Gasteiger charge is 2.55. The van der Waals surface area contributed by atoms with Gasteiger partial charge in [0, 0.05) is 27.9 Å². The molecule has 0 spiro atoms. The summed E-state index contributed by atoms with van der Waals surface area (Å²) >= 11 is 0. The Balaban J connectivity index is 5.22. The zero-order valence-corrected chi connectivity index (χ0v) is 20.4. The van der Waals surface area contributed by atoms with E-state index < -0.39 is 35.5 Å². The Bertz CT molecular complexity index is 322. The van der Waals surface area contributed by atoms with Crippen LogP contribution >= 0.6 is 0 Å². The van der Waals surface area contributed by atoms with Crippen LogP contribution in [-0.2, 0) is 29.7 Å². The summed E-state index contributed by atoms with van der Waals surface area (Å²) in [6.07, 6.45) is 0. The molecule has 0 aliphatic heterocycles. The second-order valence-electron chi connectivity index (χ2n) is 5.25. The predicted molar refractivity (Wildman–Crippen MR) is 93.4 cm³/mol. The van der Waals surface area contributed by atoms with Crippen molar-refractivity contribution in [2.75, 3.05) is 21.3 Å². The minimum atomic E-state index is -3.38. The van der Waals surface area contributed by atoms with E-state index in [0.717, 1.165) is 0 Å². The molecule has 0 aliphatic rings. The Morgan fingerprint density at radius 2 is 1.48 bits per heavy atom. The molecule has 126 valence electrons. The van der Waals surface area contributed by atoms with Crippen LogP contribution in [0.15, 0.2) is 12.3 Å². The van der Waals surface area contributed by atoms with Crippen molar-refractivity contribution >= 4 is 45.9 Å². The minimum absolute atomic E-state index is 0.543. The minimum Gasteiger partial charge on any atom is -0.444 e. The van der Waals surface area contributed by atoms with Crippen LogP contribution in [0.3, 0.4) is 0 Å². The van der Waals surface area contributed by atoms with Gasteiger partial charge in [-0.2, -0.15) is 0 Å². The predicted octanol–water partition coefficient (Wildman–Crippen LogP) is 0.0573. The molecule has 0 amide bonds. The van der Waals surface area contributed by atoms with Gasteiger partial charge in [0.15, 0.2) is 8.32 Å². The molecule has 7 nitrogen and oxygen atoms in total. The van der Waals surface area contributed by atoms with Gasteiger partial charge < -0.3 is 29.7 Å². The van der Waals surface area contributed by atoms with E-state index >= 15 is 0 Å². The zero-order chi connectivity index (χ0) is 16.7. The quantitative estimate of drug-likeness (QED) is 0.464. The van der Waals surface area contributed by atoms with Crippen LogP contribution < -0.4 is 0 Å². The molecule has 0 aliphatic carbocycles. The summed E-state index contributed by atoms with van der Waals surface area (Å²) < 4.78 is 39.6. The Morgan fingerprint density at radius 1 is 0.952 bits per heavy atom. The molecule has 21 heavy (non-hydrogen) atoms. The lowest BCUT2D eigenvalue weighted by atomic mass is 11.3. The first-order valence-corrected chi connectivity index (χ1v) is 16.2. The Kier molecular flexibility index (Phi) is 9.22. The van der Waals surface area contributed by atoms with Crippen molar-refractivity contribution in [3.8, 4) is 0 Å². The lowest BCUT2D eigenvalue weighted by molar-refractivity contribution is 0.0447. The standard InChI is InChI=1S/C9H28O7Si5/c1-9-18(13-17)14-21(11-3,12-4)16-20(8,10-2)15-19(5,6)7/h9,18H,1H2,2-8,17H3. The van der Waals surface area contributed by atoms with Gasteiger partial charge in [0.25, 0.3) is 0 Å². The highest BCUT2D eigenvalue weighted by molar-refractivity contribution is 6.83. The normalized spacial score (nSPS) is 17.5. The summed E-state index contributed by atoms with van der Waals surface area (Å²) in [5.74, 6) is 0. The summed E-state index contributed by atoms with van der Waals surface area (Å²) in [6, 6.07) is 0. The van der Waals surface area contributed by atoms with Gasteiger partial charge in [-0.15, -0.1) is 6.58 Å². The van der Waals surface area contributed by atoms with Crippen LogP contribution in [0.1, 0.15) is 0 Å². The Hall–Kier alpha value is 0.544. The average molecular weight is 389 g/mol. The fourth-order valence-electron chi connectivity index (χ4n) is 1.51. The van der Waals surface area contributed by atoms with Crippen molar-refractivity contribution in [3.05, 3.63) is 12.3 Å². The lowest BCUT2D eigenvalue weighted by Crippen LogP contribution is -2.61. The first-order chi connectivity index (χ1) is 9.59. The first-order valence-electron chi connectivity index (χ1n) is 6.48. The monoisotopic (exact) mass is 388 g/mol. The van der Waals surface area contributed by atoms with Gasteiger partial charge in [-0.05, 0) is 19.6 Å². The van der Waals surface area contributed by atoms with E-state index in [2.05, 4.69) is 26.2 Å². The number of hydrogen-bond donors (Lipinski definition) is 0. The molecular formula is C9H28O7Si5. The van der Waals surface area contributed by atoms with Crippen LogP contribution in [0.5, 0.6) is 0 Å². The van der Waals surface area contributed by atoms with Crippen molar-refractivity contribution in [2.45, 2.75) is 26.2 Å². The summed E-state index contributed by atoms with van der Waals surface area (Å²) in [6.45, 7) is 11.7. The molecular weight excluding hydrogens is 361 g/mol. The molecule has 2 unspecified atom stereocenters. The highest BCUT2D eigenvalue weighted by Crippen LogP contribution is 2.23. The van der Waals surface area contributed by atoms with E-state index in [4.69, 9.17) is 29.7 Å². The molecule has 0 rings (SSSR count). The van der Waals surface area contributed by atoms with Crippen molar-refractivity contribution in [2.24, 2.45) is 0 Å². The highest BCUT2D eigenvalue weighted by atomic mass is 28.5. The van der Waals surface area contributed by atoms with Crippen LogP contribution in [0, 0.1) is 0 Å². The van der Waals surface area contributed by atoms with E-state index in [-0.39, 0.29) is 0 Å². The Morgan fingerprint density at radius 3 is 1.76 bits per heavy atom. The maximum atomic E-state index is 6.07. The summed E-state index contributed by atoms with van der Waals surface area (Å²) in [7, 11) is -5.19. The Labute approximate surface area is 135 Å². The van der Waals surface area contributed by atoms with Gasteiger partial charge in [0.05, 0.1) is 0 Å². The smallest absolute Gasteiger partial charge is 0.444 e. The lowest BCUT2D eigenvalue weighted by Gasteiger charge is -2.37. The van der Waals surface area contributed by atoms with Gasteiger partial charge in [-0.3, -0.25) is 0 Å². The topological polar surface area (TPSA) is 64.6 Å². The van der Waals surface area contributed by atoms with E-state index in [1.807, 2.05) is 0 Å². The van der Waals surface area contributed by atoms with Gasteiger partial charge in [-0.25, -0.2) is 0 Å². The van der Waals surface area contributed by atoms with Gasteiger partial charge in [0.2, 0.25) is 0 Å². The largest absolute Gasteiger partial charge is 0.662 e. The molecule has 0 fully saturated rings. The fourth-order valence-corrected chi connectivity index (χ4v) is 14.8. The molecule has 0 bridgehead atoms. The SMILES string of the molecule is C=C[SiH](O[SiH3])O[Si](OC)(OC)O[Si](C)(OC)O[Si](C)(C)C.